The van der Waals surface area contributed by atoms with Crippen LogP contribution >= 0.6 is 23.1 Å². The van der Waals surface area contributed by atoms with E-state index in [1.54, 1.807) is 27.6 Å². The lowest BCUT2D eigenvalue weighted by Gasteiger charge is -1.86. The van der Waals surface area contributed by atoms with E-state index >= 15 is 0 Å². The molecule has 0 aliphatic carbocycles. The molecule has 0 amide bonds. The van der Waals surface area contributed by atoms with Crippen molar-refractivity contribution in [2.75, 3.05) is 6.26 Å². The number of aromatic nitrogens is 4. The van der Waals surface area contributed by atoms with Crippen molar-refractivity contribution in [1.82, 2.24) is 19.8 Å². The van der Waals surface area contributed by atoms with E-state index in [0.717, 1.165) is 21.5 Å². The number of hydrogen-bond donors (Lipinski definition) is 0. The van der Waals surface area contributed by atoms with Gasteiger partial charge in [0, 0.05) is 0 Å². The molecule has 0 unspecified atom stereocenters. The van der Waals surface area contributed by atoms with Crippen LogP contribution in [0.2, 0.25) is 0 Å². The lowest BCUT2D eigenvalue weighted by atomic mass is 10.5. The zero-order valence-corrected chi connectivity index (χ0v) is 8.45. The zero-order chi connectivity index (χ0) is 8.55. The van der Waals surface area contributed by atoms with E-state index in [1.165, 1.54) is 0 Å². The Labute approximate surface area is 78.0 Å². The second-order valence-corrected chi connectivity index (χ2v) is 4.04. The van der Waals surface area contributed by atoms with Crippen LogP contribution in [0.4, 0.5) is 0 Å². The normalized spacial score (nSPS) is 11.2. The summed E-state index contributed by atoms with van der Waals surface area (Å²) in [5.74, 6) is 0. The van der Waals surface area contributed by atoms with E-state index in [1.807, 2.05) is 6.26 Å². The molecule has 2 heterocycles. The number of nitrogens with zero attached hydrogens (tertiary/aromatic N) is 4. The molecule has 0 saturated carbocycles. The van der Waals surface area contributed by atoms with Gasteiger partial charge in [0.15, 0.2) is 0 Å². The molecule has 0 spiro atoms. The molecule has 4 nitrogen and oxygen atoms in total. The molecule has 0 fully saturated rings. The fourth-order valence-corrected chi connectivity index (χ4v) is 2.16. The highest BCUT2D eigenvalue weighted by molar-refractivity contribution is 7.98. The van der Waals surface area contributed by atoms with Gasteiger partial charge in [-0.1, -0.05) is 30.0 Å². The third-order valence-corrected chi connectivity index (χ3v) is 3.15. The lowest BCUT2D eigenvalue weighted by molar-refractivity contribution is 0.800. The Hall–Kier alpha value is -0.620. The third kappa shape index (κ3) is 1.11. The van der Waals surface area contributed by atoms with E-state index in [-0.39, 0.29) is 0 Å². The van der Waals surface area contributed by atoms with Crippen molar-refractivity contribution in [3.05, 3.63) is 5.01 Å². The molecule has 0 saturated heterocycles. The van der Waals surface area contributed by atoms with Crippen LogP contribution in [0.5, 0.6) is 0 Å². The molecule has 0 atom stereocenters. The van der Waals surface area contributed by atoms with E-state index in [4.69, 9.17) is 0 Å². The van der Waals surface area contributed by atoms with Gasteiger partial charge in [-0.3, -0.25) is 0 Å². The van der Waals surface area contributed by atoms with Gasteiger partial charge in [0.2, 0.25) is 10.1 Å². The Kier molecular flexibility index (Phi) is 2.02. The molecule has 12 heavy (non-hydrogen) atoms. The zero-order valence-electron chi connectivity index (χ0n) is 6.81. The average Bonchev–Trinajstić information content (AvgIpc) is 2.61. The molecule has 0 aliphatic rings. The number of aryl methyl sites for hydroxylation is 1. The molecule has 6 heteroatoms. The predicted molar refractivity (Wildman–Crippen MR) is 49.8 cm³/mol. The van der Waals surface area contributed by atoms with Crippen LogP contribution in [0.1, 0.15) is 11.9 Å². The van der Waals surface area contributed by atoms with Crippen LogP contribution in [0.3, 0.4) is 0 Å². The summed E-state index contributed by atoms with van der Waals surface area (Å²) in [6, 6.07) is 0. The summed E-state index contributed by atoms with van der Waals surface area (Å²) in [5, 5.41) is 14.3. The van der Waals surface area contributed by atoms with Gasteiger partial charge < -0.3 is 0 Å². The summed E-state index contributed by atoms with van der Waals surface area (Å²) >= 11 is 3.16. The summed E-state index contributed by atoms with van der Waals surface area (Å²) in [6.07, 6.45) is 2.93. The van der Waals surface area contributed by atoms with Crippen LogP contribution in [0, 0.1) is 0 Å². The molecule has 2 rings (SSSR count). The first-order valence-electron chi connectivity index (χ1n) is 3.60. The molecule has 0 radical (unpaired) electrons. The molecule has 0 N–H and O–H groups in total. The van der Waals surface area contributed by atoms with Crippen molar-refractivity contribution in [2.45, 2.75) is 18.5 Å². The molecule has 64 valence electrons. The molecular formula is C6H8N4S2. The van der Waals surface area contributed by atoms with E-state index < -0.39 is 0 Å². The fraction of sp³-hybridized carbons (Fsp3) is 0.500. The van der Waals surface area contributed by atoms with Gasteiger partial charge >= 0.3 is 0 Å². The first kappa shape index (κ1) is 8.00. The Morgan fingerprint density at radius 1 is 1.50 bits per heavy atom. The van der Waals surface area contributed by atoms with Crippen LogP contribution in [0.15, 0.2) is 5.16 Å². The molecule has 2 aromatic heterocycles. The first-order valence-corrected chi connectivity index (χ1v) is 5.64. The highest BCUT2D eigenvalue weighted by Crippen LogP contribution is 2.18. The monoisotopic (exact) mass is 200 g/mol. The van der Waals surface area contributed by atoms with Crippen molar-refractivity contribution in [3.8, 4) is 0 Å². The van der Waals surface area contributed by atoms with E-state index in [2.05, 4.69) is 22.2 Å². The number of fused-ring (bicyclic) bond motifs is 1. The Balaban J connectivity index is 2.60. The van der Waals surface area contributed by atoms with Gasteiger partial charge in [-0.15, -0.1) is 10.2 Å². The Morgan fingerprint density at radius 3 is 3.00 bits per heavy atom. The third-order valence-electron chi connectivity index (χ3n) is 1.49. The minimum Gasteiger partial charge on any atom is -0.177 e. The minimum atomic E-state index is 0.862. The first-order chi connectivity index (χ1) is 5.85. The van der Waals surface area contributed by atoms with Crippen molar-refractivity contribution in [1.29, 1.82) is 0 Å². The van der Waals surface area contributed by atoms with Crippen molar-refractivity contribution < 1.29 is 0 Å². The minimum absolute atomic E-state index is 0.862. The average molecular weight is 200 g/mol. The summed E-state index contributed by atoms with van der Waals surface area (Å²) < 4.78 is 1.80. The maximum Gasteiger partial charge on any atom is 0.235 e. The lowest BCUT2D eigenvalue weighted by Crippen LogP contribution is -1.88. The Morgan fingerprint density at radius 2 is 2.33 bits per heavy atom. The van der Waals surface area contributed by atoms with Crippen molar-refractivity contribution in [3.63, 3.8) is 0 Å². The van der Waals surface area contributed by atoms with Crippen LogP contribution in [-0.2, 0) is 6.42 Å². The second kappa shape index (κ2) is 3.02. The number of hydrogen-bond acceptors (Lipinski definition) is 5. The number of rotatable bonds is 2. The topological polar surface area (TPSA) is 43.1 Å². The van der Waals surface area contributed by atoms with Gasteiger partial charge in [0.05, 0.1) is 0 Å². The molecule has 0 aromatic carbocycles. The smallest absolute Gasteiger partial charge is 0.177 e. The van der Waals surface area contributed by atoms with Gasteiger partial charge in [0.25, 0.3) is 0 Å². The van der Waals surface area contributed by atoms with Crippen molar-refractivity contribution in [2.24, 2.45) is 0 Å². The molecule has 0 aliphatic heterocycles. The van der Waals surface area contributed by atoms with E-state index in [9.17, 15) is 0 Å². The quantitative estimate of drug-likeness (QED) is 0.688. The van der Waals surface area contributed by atoms with Gasteiger partial charge in [-0.05, 0) is 12.7 Å². The maximum absolute atomic E-state index is 4.35. The SMILES string of the molecule is CCc1nn2c(SC)nnc2s1. The second-order valence-electron chi connectivity index (χ2n) is 2.23. The predicted octanol–water partition coefficient (Wildman–Crippen LogP) is 1.47. The van der Waals surface area contributed by atoms with Gasteiger partial charge in [0.1, 0.15) is 5.01 Å². The number of thioether (sulfide) groups is 1. The van der Waals surface area contributed by atoms with Crippen molar-refractivity contribution >= 4 is 28.1 Å². The molecule has 2 aromatic rings. The highest BCUT2D eigenvalue weighted by atomic mass is 32.2. The maximum atomic E-state index is 4.35. The summed E-state index contributed by atoms with van der Waals surface area (Å²) in [7, 11) is 0. The highest BCUT2D eigenvalue weighted by Gasteiger charge is 2.08. The fourth-order valence-electron chi connectivity index (χ4n) is 0.909. The van der Waals surface area contributed by atoms with Crippen LogP contribution in [0.25, 0.3) is 4.96 Å². The molecular weight excluding hydrogens is 192 g/mol. The van der Waals surface area contributed by atoms with Crippen LogP contribution in [-0.4, -0.2) is 26.1 Å². The van der Waals surface area contributed by atoms with E-state index in [0.29, 0.717) is 0 Å². The summed E-state index contributed by atoms with van der Waals surface area (Å²) in [6.45, 7) is 2.09. The summed E-state index contributed by atoms with van der Waals surface area (Å²) in [5.41, 5.74) is 0. The van der Waals surface area contributed by atoms with Crippen LogP contribution < -0.4 is 0 Å². The Bertz CT molecular complexity index is 391. The molecule has 0 bridgehead atoms. The standard InChI is InChI=1S/C6H8N4S2/c1-3-4-9-10-5(11-2)7-8-6(10)12-4/h3H2,1-2H3. The largest absolute Gasteiger partial charge is 0.235 e. The van der Waals surface area contributed by atoms with Gasteiger partial charge in [-0.2, -0.15) is 9.61 Å². The summed E-state index contributed by atoms with van der Waals surface area (Å²) in [4.78, 5) is 0.885. The van der Waals surface area contributed by atoms with Gasteiger partial charge in [-0.25, -0.2) is 0 Å².